The summed E-state index contributed by atoms with van der Waals surface area (Å²) in [7, 11) is 0. The molecular formula is C9H17BF3O-. The van der Waals surface area contributed by atoms with Gasteiger partial charge in [-0.3, -0.25) is 0 Å². The van der Waals surface area contributed by atoms with E-state index in [1.807, 2.05) is 13.8 Å². The van der Waals surface area contributed by atoms with Crippen molar-refractivity contribution in [1.82, 2.24) is 0 Å². The first-order chi connectivity index (χ1) is 6.23. The Bertz CT molecular complexity index is 189. The maximum Gasteiger partial charge on any atom is 0.507 e. The molecule has 1 nitrogen and oxygen atoms in total. The molecule has 14 heavy (non-hydrogen) atoms. The summed E-state index contributed by atoms with van der Waals surface area (Å²) < 4.78 is 41.2. The van der Waals surface area contributed by atoms with Gasteiger partial charge in [0.15, 0.2) is 0 Å². The van der Waals surface area contributed by atoms with Gasteiger partial charge in [0, 0.05) is 6.61 Å². The summed E-state index contributed by atoms with van der Waals surface area (Å²) in [5.74, 6) is 0.426. The zero-order valence-electron chi connectivity index (χ0n) is 8.90. The fourth-order valence-electron chi connectivity index (χ4n) is 1.08. The number of ether oxygens (including phenoxy) is 1. The monoisotopic (exact) mass is 209 g/mol. The van der Waals surface area contributed by atoms with Gasteiger partial charge in [0.25, 0.3) is 0 Å². The van der Waals surface area contributed by atoms with Gasteiger partial charge in [-0.2, -0.15) is 0 Å². The molecule has 1 atom stereocenters. The largest absolute Gasteiger partial charge is 0.507 e. The minimum Gasteiger partial charge on any atom is -0.445 e. The molecule has 84 valence electrons. The van der Waals surface area contributed by atoms with E-state index in [2.05, 4.69) is 6.58 Å². The minimum atomic E-state index is -4.94. The van der Waals surface area contributed by atoms with Crippen molar-refractivity contribution in [3.63, 3.8) is 0 Å². The van der Waals surface area contributed by atoms with E-state index in [0.717, 1.165) is 6.42 Å². The van der Waals surface area contributed by atoms with E-state index in [1.54, 1.807) is 6.92 Å². The smallest absolute Gasteiger partial charge is 0.445 e. The van der Waals surface area contributed by atoms with E-state index in [1.165, 1.54) is 0 Å². The summed E-state index contributed by atoms with van der Waals surface area (Å²) in [5.41, 5.74) is -0.763. The van der Waals surface area contributed by atoms with Gasteiger partial charge in [0.2, 0.25) is 0 Å². The maximum absolute atomic E-state index is 12.0. The summed E-state index contributed by atoms with van der Waals surface area (Å²) in [5, 5.41) is 0. The molecule has 0 heterocycles. The van der Waals surface area contributed by atoms with Crippen LogP contribution < -0.4 is 0 Å². The van der Waals surface area contributed by atoms with Crippen LogP contribution in [0.2, 0.25) is 0 Å². The molecule has 0 radical (unpaired) electrons. The van der Waals surface area contributed by atoms with Crippen LogP contribution in [0.15, 0.2) is 12.1 Å². The van der Waals surface area contributed by atoms with Crippen molar-refractivity contribution >= 4 is 6.98 Å². The third-order valence-electron chi connectivity index (χ3n) is 1.82. The van der Waals surface area contributed by atoms with E-state index in [4.69, 9.17) is 4.74 Å². The lowest BCUT2D eigenvalue weighted by Gasteiger charge is -2.21. The molecule has 0 aliphatic heterocycles. The van der Waals surface area contributed by atoms with Gasteiger partial charge in [0.05, 0.1) is 6.10 Å². The van der Waals surface area contributed by atoms with Gasteiger partial charge in [0.1, 0.15) is 0 Å². The molecule has 0 aliphatic rings. The van der Waals surface area contributed by atoms with Crippen LogP contribution in [0.1, 0.15) is 27.2 Å². The fourth-order valence-corrected chi connectivity index (χ4v) is 1.08. The highest BCUT2D eigenvalue weighted by Crippen LogP contribution is 2.19. The van der Waals surface area contributed by atoms with Crippen LogP contribution in [0.3, 0.4) is 0 Å². The predicted octanol–water partition coefficient (Wildman–Crippen LogP) is 3.38. The van der Waals surface area contributed by atoms with Crippen LogP contribution in [0.4, 0.5) is 12.9 Å². The molecule has 0 aliphatic carbocycles. The molecule has 0 amide bonds. The molecule has 0 rings (SSSR count). The maximum atomic E-state index is 12.0. The predicted molar refractivity (Wildman–Crippen MR) is 53.1 cm³/mol. The van der Waals surface area contributed by atoms with E-state index in [0.29, 0.717) is 5.92 Å². The Kier molecular flexibility index (Phi) is 5.27. The zero-order chi connectivity index (χ0) is 11.4. The summed E-state index contributed by atoms with van der Waals surface area (Å²) in [6.07, 6.45) is 0.614. The zero-order valence-corrected chi connectivity index (χ0v) is 8.90. The topological polar surface area (TPSA) is 9.23 Å². The van der Waals surface area contributed by atoms with Crippen molar-refractivity contribution in [2.75, 3.05) is 6.61 Å². The van der Waals surface area contributed by atoms with E-state index >= 15 is 0 Å². The lowest BCUT2D eigenvalue weighted by atomic mass is 9.81. The Morgan fingerprint density at radius 3 is 2.14 bits per heavy atom. The number of rotatable bonds is 6. The Hall–Kier alpha value is -0.445. The van der Waals surface area contributed by atoms with Gasteiger partial charge in [-0.25, -0.2) is 0 Å². The molecule has 0 aromatic rings. The van der Waals surface area contributed by atoms with Crippen LogP contribution in [-0.2, 0) is 4.74 Å². The summed E-state index contributed by atoms with van der Waals surface area (Å²) in [4.78, 5) is 0. The highest BCUT2D eigenvalue weighted by molar-refractivity contribution is 6.66. The van der Waals surface area contributed by atoms with E-state index in [9.17, 15) is 12.9 Å². The minimum absolute atomic E-state index is 0.148. The van der Waals surface area contributed by atoms with Crippen LogP contribution in [-0.4, -0.2) is 19.7 Å². The third-order valence-corrected chi connectivity index (χ3v) is 1.82. The molecule has 0 fully saturated rings. The molecule has 5 heteroatoms. The van der Waals surface area contributed by atoms with Gasteiger partial charge in [-0.15, -0.1) is 12.1 Å². The van der Waals surface area contributed by atoms with Crippen LogP contribution >= 0.6 is 0 Å². The van der Waals surface area contributed by atoms with Crippen LogP contribution in [0.5, 0.6) is 0 Å². The standard InChI is InChI=1S/C9H17BF3O/c1-7(2)5-9(4)14-6-8(3)10(11,12)13/h7,9H,3,5-6H2,1-2,4H3/q-1. The van der Waals surface area contributed by atoms with Crippen molar-refractivity contribution in [1.29, 1.82) is 0 Å². The second kappa shape index (κ2) is 5.44. The Morgan fingerprint density at radius 2 is 1.79 bits per heavy atom. The lowest BCUT2D eigenvalue weighted by Crippen LogP contribution is -2.24. The van der Waals surface area contributed by atoms with Gasteiger partial charge < -0.3 is 17.7 Å². The highest BCUT2D eigenvalue weighted by atomic mass is 19.4. The molecule has 0 spiro atoms. The molecule has 0 bridgehead atoms. The second-order valence-electron chi connectivity index (χ2n) is 3.98. The van der Waals surface area contributed by atoms with Crippen molar-refractivity contribution < 1.29 is 17.7 Å². The molecular weight excluding hydrogens is 192 g/mol. The van der Waals surface area contributed by atoms with Gasteiger partial charge >= 0.3 is 6.98 Å². The number of hydrogen-bond acceptors (Lipinski definition) is 1. The van der Waals surface area contributed by atoms with Crippen LogP contribution in [0, 0.1) is 5.92 Å². The summed E-state index contributed by atoms with van der Waals surface area (Å²) in [6.45, 7) is 3.38. The van der Waals surface area contributed by atoms with Gasteiger partial charge in [-0.1, -0.05) is 13.8 Å². The summed E-state index contributed by atoms with van der Waals surface area (Å²) in [6, 6.07) is 0. The SMILES string of the molecule is C=C(COC(C)CC(C)C)[B-](F)(F)F. The first-order valence-corrected chi connectivity index (χ1v) is 4.72. The molecule has 1 unspecified atom stereocenters. The molecule has 0 aromatic carbocycles. The second-order valence-corrected chi connectivity index (χ2v) is 3.98. The molecule has 0 saturated carbocycles. The molecule has 0 aromatic heterocycles. The third kappa shape index (κ3) is 6.08. The Labute approximate surface area is 83.4 Å². The number of hydrogen-bond donors (Lipinski definition) is 0. The van der Waals surface area contributed by atoms with Crippen molar-refractivity contribution in [2.24, 2.45) is 5.92 Å². The first-order valence-electron chi connectivity index (χ1n) is 4.72. The lowest BCUT2D eigenvalue weighted by molar-refractivity contribution is 0.0689. The Morgan fingerprint density at radius 1 is 1.29 bits per heavy atom. The normalized spacial score (nSPS) is 14.5. The molecule has 0 saturated heterocycles. The van der Waals surface area contributed by atoms with Crippen molar-refractivity contribution in [3.8, 4) is 0 Å². The van der Waals surface area contributed by atoms with E-state index in [-0.39, 0.29) is 6.10 Å². The fraction of sp³-hybridized carbons (Fsp3) is 0.778. The Balaban J connectivity index is 3.78. The first kappa shape index (κ1) is 13.6. The van der Waals surface area contributed by atoms with Crippen molar-refractivity contribution in [2.45, 2.75) is 33.3 Å². The van der Waals surface area contributed by atoms with Crippen molar-refractivity contribution in [3.05, 3.63) is 12.1 Å². The molecule has 0 N–H and O–H groups in total. The average molecular weight is 209 g/mol. The number of halogens is 3. The average Bonchev–Trinajstić information content (AvgIpc) is 1.96. The quantitative estimate of drug-likeness (QED) is 0.609. The summed E-state index contributed by atoms with van der Waals surface area (Å²) >= 11 is 0. The van der Waals surface area contributed by atoms with Gasteiger partial charge in [-0.05, 0) is 19.3 Å². The van der Waals surface area contributed by atoms with Crippen LogP contribution in [0.25, 0.3) is 0 Å². The highest BCUT2D eigenvalue weighted by Gasteiger charge is 2.26. The van der Waals surface area contributed by atoms with E-state index < -0.39 is 19.1 Å².